The van der Waals surface area contributed by atoms with Crippen LogP contribution in [0.15, 0.2) is 42.5 Å². The smallest absolute Gasteiger partial charge is 0.220 e. The first-order chi connectivity index (χ1) is 14.9. The molecular formula is C24H29ClN2O4. The zero-order valence-electron chi connectivity index (χ0n) is 18.0. The SMILES string of the molecule is COc1ccc(CCNC(=O)CC[C@]2(Cc3ccc(Cl)cc3)CCC(=O)N2)cc1OC. The molecule has 1 saturated heterocycles. The molecule has 1 heterocycles. The maximum absolute atomic E-state index is 12.4. The predicted octanol–water partition coefficient (Wildman–Crippen LogP) is 3.69. The van der Waals surface area contributed by atoms with Crippen LogP contribution in [-0.4, -0.2) is 38.1 Å². The first kappa shape index (κ1) is 22.9. The minimum atomic E-state index is -0.383. The van der Waals surface area contributed by atoms with Crippen LogP contribution in [0.2, 0.25) is 5.02 Å². The third-order valence-electron chi connectivity index (χ3n) is 5.71. The lowest BCUT2D eigenvalue weighted by molar-refractivity contribution is -0.122. The fourth-order valence-electron chi connectivity index (χ4n) is 4.00. The second-order valence-corrected chi connectivity index (χ2v) is 8.36. The Labute approximate surface area is 188 Å². The maximum atomic E-state index is 12.4. The summed E-state index contributed by atoms with van der Waals surface area (Å²) in [5.41, 5.74) is 1.77. The van der Waals surface area contributed by atoms with Gasteiger partial charge in [0.25, 0.3) is 0 Å². The summed E-state index contributed by atoms with van der Waals surface area (Å²) in [4.78, 5) is 24.4. The molecule has 2 N–H and O–H groups in total. The molecule has 3 rings (SSSR count). The topological polar surface area (TPSA) is 76.7 Å². The molecule has 2 aromatic rings. The second-order valence-electron chi connectivity index (χ2n) is 7.92. The van der Waals surface area contributed by atoms with Crippen molar-refractivity contribution in [2.75, 3.05) is 20.8 Å². The van der Waals surface area contributed by atoms with Crippen LogP contribution >= 0.6 is 11.6 Å². The lowest BCUT2D eigenvalue weighted by Crippen LogP contribution is -2.44. The van der Waals surface area contributed by atoms with Crippen LogP contribution in [-0.2, 0) is 22.4 Å². The van der Waals surface area contributed by atoms with Crippen LogP contribution in [0.1, 0.15) is 36.8 Å². The molecule has 2 amide bonds. The number of amides is 2. The van der Waals surface area contributed by atoms with E-state index in [0.717, 1.165) is 17.5 Å². The third-order valence-corrected chi connectivity index (χ3v) is 5.96. The van der Waals surface area contributed by atoms with Gasteiger partial charge in [0.15, 0.2) is 11.5 Å². The molecule has 0 saturated carbocycles. The van der Waals surface area contributed by atoms with E-state index in [-0.39, 0.29) is 17.4 Å². The molecule has 1 aliphatic heterocycles. The van der Waals surface area contributed by atoms with E-state index in [4.69, 9.17) is 21.1 Å². The van der Waals surface area contributed by atoms with Gasteiger partial charge in [0.05, 0.1) is 14.2 Å². The van der Waals surface area contributed by atoms with E-state index in [1.54, 1.807) is 14.2 Å². The van der Waals surface area contributed by atoms with Gasteiger partial charge < -0.3 is 20.1 Å². The number of carbonyl (C=O) groups excluding carboxylic acids is 2. The lowest BCUT2D eigenvalue weighted by atomic mass is 9.85. The average molecular weight is 445 g/mol. The first-order valence-electron chi connectivity index (χ1n) is 10.5. The summed E-state index contributed by atoms with van der Waals surface area (Å²) >= 11 is 5.98. The quantitative estimate of drug-likeness (QED) is 0.586. The van der Waals surface area contributed by atoms with E-state index in [0.29, 0.717) is 55.2 Å². The van der Waals surface area contributed by atoms with Crippen molar-refractivity contribution in [3.05, 3.63) is 58.6 Å². The molecule has 166 valence electrons. The monoisotopic (exact) mass is 444 g/mol. The Morgan fingerprint density at radius 3 is 2.45 bits per heavy atom. The normalized spacial score (nSPS) is 17.8. The van der Waals surface area contributed by atoms with E-state index in [1.807, 2.05) is 42.5 Å². The van der Waals surface area contributed by atoms with Gasteiger partial charge in [-0.2, -0.15) is 0 Å². The van der Waals surface area contributed by atoms with Crippen LogP contribution in [0.25, 0.3) is 0 Å². The van der Waals surface area contributed by atoms with Crippen molar-refractivity contribution in [2.45, 2.75) is 44.1 Å². The van der Waals surface area contributed by atoms with E-state index in [2.05, 4.69) is 10.6 Å². The van der Waals surface area contributed by atoms with Gasteiger partial charge in [-0.3, -0.25) is 9.59 Å². The van der Waals surface area contributed by atoms with Crippen molar-refractivity contribution >= 4 is 23.4 Å². The number of methoxy groups -OCH3 is 2. The number of benzene rings is 2. The van der Waals surface area contributed by atoms with Gasteiger partial charge in [-0.1, -0.05) is 29.8 Å². The molecule has 1 fully saturated rings. The molecular weight excluding hydrogens is 416 g/mol. The summed E-state index contributed by atoms with van der Waals surface area (Å²) in [7, 11) is 3.20. The van der Waals surface area contributed by atoms with Crippen LogP contribution in [0.5, 0.6) is 11.5 Å². The number of halogens is 1. The van der Waals surface area contributed by atoms with Crippen molar-refractivity contribution in [1.29, 1.82) is 0 Å². The molecule has 0 unspecified atom stereocenters. The first-order valence-corrected chi connectivity index (χ1v) is 10.8. The Morgan fingerprint density at radius 1 is 1.10 bits per heavy atom. The van der Waals surface area contributed by atoms with Crippen molar-refractivity contribution in [2.24, 2.45) is 0 Å². The van der Waals surface area contributed by atoms with Crippen molar-refractivity contribution in [1.82, 2.24) is 10.6 Å². The zero-order valence-corrected chi connectivity index (χ0v) is 18.8. The molecule has 1 aliphatic rings. The maximum Gasteiger partial charge on any atom is 0.220 e. The summed E-state index contributed by atoms with van der Waals surface area (Å²) < 4.78 is 10.6. The predicted molar refractivity (Wildman–Crippen MR) is 121 cm³/mol. The molecule has 0 spiro atoms. The van der Waals surface area contributed by atoms with E-state index < -0.39 is 0 Å². The molecule has 0 aliphatic carbocycles. The minimum Gasteiger partial charge on any atom is -0.493 e. The Kier molecular flexibility index (Phi) is 7.80. The van der Waals surface area contributed by atoms with E-state index in [9.17, 15) is 9.59 Å². The van der Waals surface area contributed by atoms with Crippen LogP contribution in [0.3, 0.4) is 0 Å². The fourth-order valence-corrected chi connectivity index (χ4v) is 4.12. The largest absolute Gasteiger partial charge is 0.493 e. The Balaban J connectivity index is 1.51. The molecule has 7 heteroatoms. The number of ether oxygens (including phenoxy) is 2. The molecule has 0 aromatic heterocycles. The third kappa shape index (κ3) is 6.37. The molecule has 2 aromatic carbocycles. The van der Waals surface area contributed by atoms with Gasteiger partial charge in [0.1, 0.15) is 0 Å². The Morgan fingerprint density at radius 2 is 1.81 bits per heavy atom. The summed E-state index contributed by atoms with van der Waals surface area (Å²) in [5.74, 6) is 1.38. The number of nitrogens with one attached hydrogen (secondary N) is 2. The highest BCUT2D eigenvalue weighted by Gasteiger charge is 2.37. The average Bonchev–Trinajstić information content (AvgIpc) is 3.14. The molecule has 6 nitrogen and oxygen atoms in total. The summed E-state index contributed by atoms with van der Waals surface area (Å²) in [6.07, 6.45) is 3.57. The number of hydrogen-bond donors (Lipinski definition) is 2. The zero-order chi connectivity index (χ0) is 22.3. The summed E-state index contributed by atoms with van der Waals surface area (Å²) in [6, 6.07) is 13.4. The van der Waals surface area contributed by atoms with Crippen LogP contribution in [0, 0.1) is 0 Å². The van der Waals surface area contributed by atoms with Gasteiger partial charge in [-0.15, -0.1) is 0 Å². The number of carbonyl (C=O) groups is 2. The van der Waals surface area contributed by atoms with Gasteiger partial charge in [-0.05, 0) is 61.1 Å². The summed E-state index contributed by atoms with van der Waals surface area (Å²) in [6.45, 7) is 0.533. The van der Waals surface area contributed by atoms with Gasteiger partial charge in [-0.25, -0.2) is 0 Å². The number of rotatable bonds is 10. The van der Waals surface area contributed by atoms with Crippen LogP contribution < -0.4 is 20.1 Å². The highest BCUT2D eigenvalue weighted by Crippen LogP contribution is 2.30. The summed E-state index contributed by atoms with van der Waals surface area (Å²) in [5, 5.41) is 6.78. The highest BCUT2D eigenvalue weighted by molar-refractivity contribution is 6.30. The minimum absolute atomic E-state index is 0.0166. The Hall–Kier alpha value is -2.73. The number of hydrogen-bond acceptors (Lipinski definition) is 4. The van der Waals surface area contributed by atoms with E-state index >= 15 is 0 Å². The van der Waals surface area contributed by atoms with Gasteiger partial charge in [0.2, 0.25) is 11.8 Å². The second kappa shape index (κ2) is 10.5. The molecule has 31 heavy (non-hydrogen) atoms. The van der Waals surface area contributed by atoms with Gasteiger partial charge >= 0.3 is 0 Å². The van der Waals surface area contributed by atoms with Gasteiger partial charge in [0, 0.05) is 29.9 Å². The lowest BCUT2D eigenvalue weighted by Gasteiger charge is -2.29. The Bertz CT molecular complexity index is 916. The standard InChI is InChI=1S/C24H29ClN2O4/c1-30-20-8-5-17(15-21(20)31-2)11-14-26-22(28)9-12-24(13-10-23(29)27-24)16-18-3-6-19(25)7-4-18/h3-8,15H,9-14,16H2,1-2H3,(H,26,28)(H,27,29)/t24-/m1/s1. The van der Waals surface area contributed by atoms with E-state index in [1.165, 1.54) is 0 Å². The highest BCUT2D eigenvalue weighted by atomic mass is 35.5. The van der Waals surface area contributed by atoms with Crippen LogP contribution in [0.4, 0.5) is 0 Å². The molecule has 1 atom stereocenters. The van der Waals surface area contributed by atoms with Crippen molar-refractivity contribution < 1.29 is 19.1 Å². The fraction of sp³-hybridized carbons (Fsp3) is 0.417. The molecule has 0 bridgehead atoms. The molecule has 0 radical (unpaired) electrons. The van der Waals surface area contributed by atoms with Crippen molar-refractivity contribution in [3.63, 3.8) is 0 Å². The van der Waals surface area contributed by atoms with Crippen molar-refractivity contribution in [3.8, 4) is 11.5 Å².